The van der Waals surface area contributed by atoms with E-state index in [4.69, 9.17) is 0 Å². The van der Waals surface area contributed by atoms with E-state index in [9.17, 15) is 15.1 Å². The summed E-state index contributed by atoms with van der Waals surface area (Å²) in [6.07, 6.45) is 4.79. The second-order valence-electron chi connectivity index (χ2n) is 7.96. The summed E-state index contributed by atoms with van der Waals surface area (Å²) in [5.41, 5.74) is -1.45. The van der Waals surface area contributed by atoms with Gasteiger partial charge in [-0.2, -0.15) is 5.06 Å². The quantitative estimate of drug-likeness (QED) is 0.767. The molecule has 1 rings (SSSR count). The number of carboxylic acids is 1. The third-order valence-electron chi connectivity index (χ3n) is 5.45. The van der Waals surface area contributed by atoms with Gasteiger partial charge in [-0.05, 0) is 59.3 Å². The largest absolute Gasteiger partial charge is 0.481 e. The molecule has 0 bridgehead atoms. The predicted molar refractivity (Wildman–Crippen MR) is 84.4 cm³/mol. The molecule has 0 aromatic carbocycles. The highest BCUT2D eigenvalue weighted by Crippen LogP contribution is 2.50. The molecule has 1 heterocycles. The number of hydrogen-bond acceptors (Lipinski definition) is 3. The Bertz CT molecular complexity index is 360. The first-order valence-electron chi connectivity index (χ1n) is 8.26. The normalized spacial score (nSPS) is 25.5. The summed E-state index contributed by atoms with van der Waals surface area (Å²) in [6, 6.07) is 0. The van der Waals surface area contributed by atoms with Crippen molar-refractivity contribution in [3.05, 3.63) is 0 Å². The number of hydrogen-bond donors (Lipinski definition) is 2. The molecule has 1 atom stereocenters. The number of carbonyl (C=O) groups is 1. The number of unbranched alkanes of at least 4 members (excludes halogenated alkanes) is 1. The van der Waals surface area contributed by atoms with Crippen molar-refractivity contribution < 1.29 is 15.1 Å². The van der Waals surface area contributed by atoms with E-state index in [2.05, 4.69) is 6.92 Å². The fourth-order valence-electron chi connectivity index (χ4n) is 4.26. The van der Waals surface area contributed by atoms with Gasteiger partial charge in [0.25, 0.3) is 0 Å². The van der Waals surface area contributed by atoms with E-state index in [1.807, 2.05) is 34.6 Å². The Hall–Kier alpha value is -0.610. The van der Waals surface area contributed by atoms with Gasteiger partial charge in [0.05, 0.1) is 5.41 Å². The lowest BCUT2D eigenvalue weighted by Crippen LogP contribution is -2.61. The van der Waals surface area contributed by atoms with Gasteiger partial charge in [0.2, 0.25) is 0 Å². The highest BCUT2D eigenvalue weighted by Gasteiger charge is 2.53. The lowest BCUT2D eigenvalue weighted by atomic mass is 9.60. The zero-order chi connectivity index (χ0) is 16.5. The summed E-state index contributed by atoms with van der Waals surface area (Å²) >= 11 is 0. The molecule has 124 valence electrons. The van der Waals surface area contributed by atoms with E-state index >= 15 is 0 Å². The maximum atomic E-state index is 12.1. The van der Waals surface area contributed by atoms with Crippen molar-refractivity contribution in [2.75, 3.05) is 0 Å². The van der Waals surface area contributed by atoms with E-state index in [0.29, 0.717) is 6.42 Å². The molecule has 1 fully saturated rings. The molecule has 0 spiro atoms. The Morgan fingerprint density at radius 2 is 1.67 bits per heavy atom. The lowest BCUT2D eigenvalue weighted by molar-refractivity contribution is -0.259. The van der Waals surface area contributed by atoms with Crippen LogP contribution >= 0.6 is 0 Å². The van der Waals surface area contributed by atoms with Gasteiger partial charge in [-0.25, -0.2) is 0 Å². The van der Waals surface area contributed by atoms with Gasteiger partial charge in [-0.15, -0.1) is 0 Å². The molecule has 1 aliphatic heterocycles. The Kier molecular flexibility index (Phi) is 5.49. The fraction of sp³-hybridized carbons (Fsp3) is 0.941. The summed E-state index contributed by atoms with van der Waals surface area (Å²) in [4.78, 5) is 12.1. The van der Waals surface area contributed by atoms with Gasteiger partial charge in [0.15, 0.2) is 0 Å². The highest BCUT2D eigenvalue weighted by molar-refractivity contribution is 5.75. The molecule has 1 unspecified atom stereocenters. The van der Waals surface area contributed by atoms with E-state index in [0.717, 1.165) is 32.1 Å². The van der Waals surface area contributed by atoms with Crippen LogP contribution in [0.1, 0.15) is 80.1 Å². The van der Waals surface area contributed by atoms with Crippen LogP contribution in [0.4, 0.5) is 0 Å². The molecular formula is C17H33NO3. The van der Waals surface area contributed by atoms with Gasteiger partial charge in [-0.3, -0.25) is 4.79 Å². The van der Waals surface area contributed by atoms with Crippen LogP contribution in [0.2, 0.25) is 0 Å². The maximum Gasteiger partial charge on any atom is 0.309 e. The Labute approximate surface area is 129 Å². The van der Waals surface area contributed by atoms with Gasteiger partial charge in [0, 0.05) is 11.1 Å². The summed E-state index contributed by atoms with van der Waals surface area (Å²) in [6.45, 7) is 12.1. The smallest absolute Gasteiger partial charge is 0.309 e. The molecule has 0 amide bonds. The molecular weight excluding hydrogens is 266 g/mol. The highest BCUT2D eigenvalue weighted by atomic mass is 16.5. The van der Waals surface area contributed by atoms with Gasteiger partial charge in [-0.1, -0.05) is 26.7 Å². The molecule has 2 N–H and O–H groups in total. The standard InChI is InChI=1S/C17H33NO3/c1-7-9-10-17(8-2,14(19)20)13-11-15(3,4)18(21)16(5,6)12-13/h13,21H,7-12H2,1-6H3,(H,19,20). The first-order valence-corrected chi connectivity index (χ1v) is 8.26. The molecule has 4 nitrogen and oxygen atoms in total. The van der Waals surface area contributed by atoms with Crippen LogP contribution in [0.3, 0.4) is 0 Å². The molecule has 0 aliphatic carbocycles. The Morgan fingerprint density at radius 3 is 2.00 bits per heavy atom. The second kappa shape index (κ2) is 6.25. The topological polar surface area (TPSA) is 60.8 Å². The summed E-state index contributed by atoms with van der Waals surface area (Å²) in [5.74, 6) is -0.568. The van der Waals surface area contributed by atoms with Crippen LogP contribution in [0.15, 0.2) is 0 Å². The van der Waals surface area contributed by atoms with E-state index < -0.39 is 22.5 Å². The number of piperidine rings is 1. The maximum absolute atomic E-state index is 12.1. The van der Waals surface area contributed by atoms with Crippen LogP contribution < -0.4 is 0 Å². The molecule has 4 heteroatoms. The van der Waals surface area contributed by atoms with Crippen molar-refractivity contribution in [1.29, 1.82) is 0 Å². The lowest BCUT2D eigenvalue weighted by Gasteiger charge is -2.55. The zero-order valence-electron chi connectivity index (χ0n) is 14.6. The number of rotatable bonds is 6. The van der Waals surface area contributed by atoms with Crippen LogP contribution in [0.5, 0.6) is 0 Å². The molecule has 1 saturated heterocycles. The predicted octanol–water partition coefficient (Wildman–Crippen LogP) is 4.32. The third-order valence-corrected chi connectivity index (χ3v) is 5.45. The number of nitrogens with zero attached hydrogens (tertiary/aromatic N) is 1. The monoisotopic (exact) mass is 299 g/mol. The Balaban J connectivity index is 3.16. The van der Waals surface area contributed by atoms with Crippen molar-refractivity contribution in [2.45, 2.75) is 91.1 Å². The molecule has 0 radical (unpaired) electrons. The van der Waals surface area contributed by atoms with Crippen molar-refractivity contribution >= 4 is 5.97 Å². The summed E-state index contributed by atoms with van der Waals surface area (Å²) in [7, 11) is 0. The molecule has 1 aliphatic rings. The van der Waals surface area contributed by atoms with E-state index in [1.54, 1.807) is 0 Å². The zero-order valence-corrected chi connectivity index (χ0v) is 14.6. The van der Waals surface area contributed by atoms with Crippen molar-refractivity contribution in [3.63, 3.8) is 0 Å². The first-order chi connectivity index (χ1) is 9.53. The van der Waals surface area contributed by atoms with E-state index in [-0.39, 0.29) is 5.92 Å². The van der Waals surface area contributed by atoms with Gasteiger partial charge in [0.1, 0.15) is 0 Å². The third kappa shape index (κ3) is 3.42. The van der Waals surface area contributed by atoms with Crippen molar-refractivity contribution in [1.82, 2.24) is 5.06 Å². The van der Waals surface area contributed by atoms with Crippen LogP contribution in [-0.2, 0) is 4.79 Å². The minimum atomic E-state index is -0.665. The number of aliphatic carboxylic acids is 1. The van der Waals surface area contributed by atoms with Gasteiger partial charge < -0.3 is 10.3 Å². The fourth-order valence-corrected chi connectivity index (χ4v) is 4.26. The van der Waals surface area contributed by atoms with Gasteiger partial charge >= 0.3 is 5.97 Å². The SMILES string of the molecule is CCCCC(CC)(C(=O)O)C1CC(C)(C)N(O)C(C)(C)C1. The molecule has 21 heavy (non-hydrogen) atoms. The van der Waals surface area contributed by atoms with Crippen molar-refractivity contribution in [3.8, 4) is 0 Å². The average molecular weight is 299 g/mol. The summed E-state index contributed by atoms with van der Waals surface area (Å²) < 4.78 is 0. The molecule has 0 aromatic heterocycles. The van der Waals surface area contributed by atoms with E-state index in [1.165, 1.54) is 5.06 Å². The second-order valence-corrected chi connectivity index (χ2v) is 7.96. The Morgan fingerprint density at radius 1 is 1.19 bits per heavy atom. The number of hydroxylamine groups is 2. The minimum Gasteiger partial charge on any atom is -0.481 e. The van der Waals surface area contributed by atoms with Crippen molar-refractivity contribution in [2.24, 2.45) is 11.3 Å². The molecule has 0 saturated carbocycles. The van der Waals surface area contributed by atoms with Crippen LogP contribution in [0.25, 0.3) is 0 Å². The summed E-state index contributed by atoms with van der Waals surface area (Å²) in [5, 5.41) is 21.8. The molecule has 0 aromatic rings. The van der Waals surface area contributed by atoms with Crippen LogP contribution in [0, 0.1) is 11.3 Å². The first kappa shape index (κ1) is 18.4. The average Bonchev–Trinajstić information content (AvgIpc) is 2.36. The number of carboxylic acid groups (broad SMARTS) is 1. The minimum absolute atomic E-state index is 0.0972. The van der Waals surface area contributed by atoms with Crippen LogP contribution in [-0.4, -0.2) is 32.4 Å².